The van der Waals surface area contributed by atoms with Crippen molar-refractivity contribution in [3.8, 4) is 0 Å². The van der Waals surface area contributed by atoms with Crippen LogP contribution in [0.5, 0.6) is 0 Å². The van der Waals surface area contributed by atoms with E-state index < -0.39 is 47.3 Å². The van der Waals surface area contributed by atoms with Gasteiger partial charge in [0, 0.05) is 22.7 Å². The number of halogens is 6. The number of hydrogen-bond donors (Lipinski definition) is 4. The number of rotatable bonds is 3. The lowest BCUT2D eigenvalue weighted by atomic mass is 9.62. The third-order valence-electron chi connectivity index (χ3n) is 6.45. The fraction of sp³-hybridized carbons (Fsp3) is 0.400. The Labute approximate surface area is 228 Å². The number of aliphatic carboxylic acids is 2. The molecule has 206 valence electrons. The van der Waals surface area contributed by atoms with Gasteiger partial charge in [-0.1, -0.05) is 50.6 Å². The zero-order chi connectivity index (χ0) is 28.8. The van der Waals surface area contributed by atoms with Crippen molar-refractivity contribution in [2.45, 2.75) is 56.8 Å². The minimum atomic E-state index is -5.08. The first-order valence-corrected chi connectivity index (χ1v) is 12.4. The molecule has 2 aliphatic heterocycles. The van der Waals surface area contributed by atoms with Crippen LogP contribution in [-0.4, -0.2) is 46.3 Å². The summed E-state index contributed by atoms with van der Waals surface area (Å²) in [6.07, 6.45) is -4.57. The Morgan fingerprint density at radius 2 is 1.74 bits per heavy atom. The van der Waals surface area contributed by atoms with Gasteiger partial charge >= 0.3 is 18.1 Å². The van der Waals surface area contributed by atoms with Gasteiger partial charge in [-0.3, -0.25) is 14.9 Å². The lowest BCUT2D eigenvalue weighted by Crippen LogP contribution is -2.49. The summed E-state index contributed by atoms with van der Waals surface area (Å²) < 4.78 is 47.3. The number of hydrogen-bond acceptors (Lipinski definition) is 4. The molecule has 0 bridgehead atoms. The minimum absolute atomic E-state index is 0.184. The predicted molar refractivity (Wildman–Crippen MR) is 135 cm³/mol. The van der Waals surface area contributed by atoms with E-state index >= 15 is 4.39 Å². The van der Waals surface area contributed by atoms with Crippen molar-refractivity contribution in [1.82, 2.24) is 5.32 Å². The van der Waals surface area contributed by atoms with E-state index in [2.05, 4.69) is 26.6 Å². The number of amides is 1. The van der Waals surface area contributed by atoms with Gasteiger partial charge in [-0.2, -0.15) is 13.2 Å². The highest BCUT2D eigenvalue weighted by molar-refractivity contribution is 9.10. The van der Waals surface area contributed by atoms with Crippen molar-refractivity contribution in [2.75, 3.05) is 5.32 Å². The van der Waals surface area contributed by atoms with Gasteiger partial charge in [0.2, 0.25) is 5.91 Å². The molecule has 1 amide bonds. The van der Waals surface area contributed by atoms with Crippen molar-refractivity contribution < 1.29 is 42.2 Å². The maximum absolute atomic E-state index is 15.3. The first-order valence-electron chi connectivity index (χ1n) is 11.3. The molecule has 7 nitrogen and oxygen atoms in total. The Hall–Kier alpha value is -2.70. The van der Waals surface area contributed by atoms with Crippen LogP contribution in [0.4, 0.5) is 23.2 Å². The van der Waals surface area contributed by atoms with E-state index in [1.54, 1.807) is 36.4 Å². The largest absolute Gasteiger partial charge is 0.490 e. The van der Waals surface area contributed by atoms with Crippen molar-refractivity contribution in [3.63, 3.8) is 0 Å². The number of fused-ring (bicyclic) bond motifs is 2. The molecule has 1 unspecified atom stereocenters. The number of alkyl halides is 3. The Balaban J connectivity index is 0.000000505. The van der Waals surface area contributed by atoms with E-state index in [0.29, 0.717) is 22.7 Å². The number of benzene rings is 2. The molecule has 0 saturated carbocycles. The quantitative estimate of drug-likeness (QED) is 0.326. The summed E-state index contributed by atoms with van der Waals surface area (Å²) in [7, 11) is 0. The molecule has 0 aliphatic carbocycles. The van der Waals surface area contributed by atoms with E-state index in [1.807, 2.05) is 20.8 Å². The molecule has 4 N–H and O–H groups in total. The smallest absolute Gasteiger partial charge is 0.480 e. The summed E-state index contributed by atoms with van der Waals surface area (Å²) in [4.78, 5) is 34.9. The summed E-state index contributed by atoms with van der Waals surface area (Å²) in [6, 6.07) is 8.17. The van der Waals surface area contributed by atoms with Gasteiger partial charge in [0.1, 0.15) is 17.3 Å². The molecule has 2 aromatic rings. The topological polar surface area (TPSA) is 116 Å². The number of carboxylic acids is 2. The molecule has 0 aromatic heterocycles. The maximum Gasteiger partial charge on any atom is 0.490 e. The van der Waals surface area contributed by atoms with Crippen LogP contribution < -0.4 is 10.6 Å². The highest BCUT2D eigenvalue weighted by Gasteiger charge is 2.66. The van der Waals surface area contributed by atoms with Crippen LogP contribution in [0.15, 0.2) is 40.9 Å². The fourth-order valence-corrected chi connectivity index (χ4v) is 5.69. The average Bonchev–Trinajstić information content (AvgIpc) is 3.24. The van der Waals surface area contributed by atoms with Crippen molar-refractivity contribution >= 4 is 51.1 Å². The average molecular weight is 624 g/mol. The normalized spacial score (nSPS) is 24.4. The zero-order valence-electron chi connectivity index (χ0n) is 20.3. The van der Waals surface area contributed by atoms with Gasteiger partial charge in [0.25, 0.3) is 0 Å². The standard InChI is InChI=1S/C23H23BrClFN2O3.C2HF3O2/c1-22(2,3)10-16-23(13-8-7-11(25)9-15(13)27-21(23)31)17(19(28-16)20(29)30)12-5-4-6-14(24)18(12)26;3-2(4,5)1(6)7/h4-9,16-17,19,28H,10H2,1-3H3,(H,27,31)(H,29,30);(H,6,7)/t16-,17+,19+,23?;/m0./s1. The highest BCUT2D eigenvalue weighted by Crippen LogP contribution is 2.57. The summed E-state index contributed by atoms with van der Waals surface area (Å²) in [5.74, 6) is -5.76. The van der Waals surface area contributed by atoms with E-state index in [0.717, 1.165) is 0 Å². The van der Waals surface area contributed by atoms with Gasteiger partial charge in [0.15, 0.2) is 0 Å². The molecule has 0 radical (unpaired) electrons. The van der Waals surface area contributed by atoms with Crippen LogP contribution in [0.3, 0.4) is 0 Å². The van der Waals surface area contributed by atoms with Gasteiger partial charge in [0.05, 0.1) is 4.47 Å². The molecule has 13 heteroatoms. The molecular weight excluding hydrogens is 600 g/mol. The van der Waals surface area contributed by atoms with Gasteiger partial charge in [-0.05, 0) is 57.1 Å². The summed E-state index contributed by atoms with van der Waals surface area (Å²) >= 11 is 9.37. The molecule has 4 atom stereocenters. The van der Waals surface area contributed by atoms with Gasteiger partial charge in [-0.15, -0.1) is 0 Å². The number of anilines is 1. The first-order chi connectivity index (χ1) is 17.4. The van der Waals surface area contributed by atoms with E-state index in [-0.39, 0.29) is 21.4 Å². The number of nitrogens with one attached hydrogen (secondary N) is 2. The van der Waals surface area contributed by atoms with Crippen LogP contribution >= 0.6 is 27.5 Å². The van der Waals surface area contributed by atoms with Crippen LogP contribution in [0, 0.1) is 11.2 Å². The molecule has 2 aliphatic rings. The third-order valence-corrected chi connectivity index (χ3v) is 7.29. The van der Waals surface area contributed by atoms with Crippen LogP contribution in [-0.2, 0) is 19.8 Å². The predicted octanol–water partition coefficient (Wildman–Crippen LogP) is 5.71. The van der Waals surface area contributed by atoms with Crippen LogP contribution in [0.25, 0.3) is 0 Å². The lowest BCUT2D eigenvalue weighted by Gasteiger charge is -2.37. The molecular formula is C25H24BrClF4N2O5. The Bertz CT molecular complexity index is 1280. The van der Waals surface area contributed by atoms with Gasteiger partial charge in [-0.25, -0.2) is 9.18 Å². The molecule has 1 fully saturated rings. The molecule has 1 saturated heterocycles. The molecule has 2 heterocycles. The molecule has 1 spiro atoms. The van der Waals surface area contributed by atoms with E-state index in [4.69, 9.17) is 21.5 Å². The Kier molecular flexibility index (Phi) is 8.22. The second-order valence-electron chi connectivity index (χ2n) is 10.2. The van der Waals surface area contributed by atoms with Crippen LogP contribution in [0.1, 0.15) is 44.2 Å². The fourth-order valence-electron chi connectivity index (χ4n) is 5.14. The Morgan fingerprint density at radius 3 is 2.26 bits per heavy atom. The molecule has 4 rings (SSSR count). The summed E-state index contributed by atoms with van der Waals surface area (Å²) in [6.45, 7) is 6.09. The monoisotopic (exact) mass is 622 g/mol. The molecule has 38 heavy (non-hydrogen) atoms. The van der Waals surface area contributed by atoms with Gasteiger partial charge < -0.3 is 15.5 Å². The minimum Gasteiger partial charge on any atom is -0.480 e. The van der Waals surface area contributed by atoms with Crippen molar-refractivity contribution in [2.24, 2.45) is 5.41 Å². The third kappa shape index (κ3) is 5.52. The Morgan fingerprint density at radius 1 is 1.13 bits per heavy atom. The summed E-state index contributed by atoms with van der Waals surface area (Å²) in [5.41, 5.74) is -0.170. The number of carboxylic acid groups (broad SMARTS) is 2. The number of carbonyl (C=O) groups is 3. The summed E-state index contributed by atoms with van der Waals surface area (Å²) in [5, 5.41) is 23.7. The zero-order valence-corrected chi connectivity index (χ0v) is 22.6. The second-order valence-corrected chi connectivity index (χ2v) is 11.5. The highest BCUT2D eigenvalue weighted by atomic mass is 79.9. The lowest BCUT2D eigenvalue weighted by molar-refractivity contribution is -0.192. The number of carbonyl (C=O) groups excluding carboxylic acids is 1. The first kappa shape index (κ1) is 29.9. The van der Waals surface area contributed by atoms with E-state index in [1.165, 1.54) is 0 Å². The maximum atomic E-state index is 15.3. The van der Waals surface area contributed by atoms with Crippen molar-refractivity contribution in [1.29, 1.82) is 0 Å². The van der Waals surface area contributed by atoms with E-state index in [9.17, 15) is 27.9 Å². The van der Waals surface area contributed by atoms with Crippen molar-refractivity contribution in [3.05, 3.63) is 62.8 Å². The molecule has 2 aromatic carbocycles. The second kappa shape index (κ2) is 10.5. The van der Waals surface area contributed by atoms with Crippen LogP contribution in [0.2, 0.25) is 5.02 Å². The SMILES string of the molecule is CC(C)(C)C[C@@H]1N[C@@H](C(=O)O)[C@@H](c2cccc(Br)c2F)C12C(=O)Nc1cc(Cl)ccc12.O=C(O)C(F)(F)F.